The van der Waals surface area contributed by atoms with Crippen LogP contribution in [0.2, 0.25) is 0 Å². The third-order valence-electron chi connectivity index (χ3n) is 3.22. The highest BCUT2D eigenvalue weighted by Crippen LogP contribution is 2.40. The number of hydrogen-bond acceptors (Lipinski definition) is 6. The second kappa shape index (κ2) is 7.51. The standard InChI is InChI=1S/C14H23NO5S/c1-15-11(6-7-21(5,16)17)10-8-12(18-2)14(20-4)13(9-10)19-3/h8-9,11,15H,6-7H2,1-5H3. The molecule has 0 bridgehead atoms. The first-order chi connectivity index (χ1) is 9.86. The molecule has 1 N–H and O–H groups in total. The van der Waals surface area contributed by atoms with Gasteiger partial charge in [0.1, 0.15) is 9.84 Å². The minimum absolute atomic E-state index is 0.106. The van der Waals surface area contributed by atoms with Gasteiger partial charge in [0.15, 0.2) is 11.5 Å². The fourth-order valence-electron chi connectivity index (χ4n) is 2.11. The minimum atomic E-state index is -3.01. The van der Waals surface area contributed by atoms with Crippen molar-refractivity contribution in [1.82, 2.24) is 5.32 Å². The fourth-order valence-corrected chi connectivity index (χ4v) is 2.78. The van der Waals surface area contributed by atoms with Crippen LogP contribution in [0.25, 0.3) is 0 Å². The van der Waals surface area contributed by atoms with E-state index in [4.69, 9.17) is 14.2 Å². The van der Waals surface area contributed by atoms with Crippen molar-refractivity contribution in [2.45, 2.75) is 12.5 Å². The molecule has 0 aliphatic carbocycles. The summed E-state index contributed by atoms with van der Waals surface area (Å²) < 4.78 is 38.6. The number of ether oxygens (including phenoxy) is 3. The predicted molar refractivity (Wildman–Crippen MR) is 82.2 cm³/mol. The molecule has 1 rings (SSSR count). The van der Waals surface area contributed by atoms with Crippen molar-refractivity contribution in [3.05, 3.63) is 17.7 Å². The summed E-state index contributed by atoms with van der Waals surface area (Å²) in [5, 5.41) is 3.11. The first-order valence-electron chi connectivity index (χ1n) is 6.51. The van der Waals surface area contributed by atoms with Gasteiger partial charge in [-0.3, -0.25) is 0 Å². The predicted octanol–water partition coefficient (Wildman–Crippen LogP) is 1.41. The average molecular weight is 317 g/mol. The molecule has 1 aromatic rings. The van der Waals surface area contributed by atoms with Gasteiger partial charge in [0.05, 0.1) is 27.1 Å². The van der Waals surface area contributed by atoms with Gasteiger partial charge in [-0.05, 0) is 31.2 Å². The van der Waals surface area contributed by atoms with Crippen LogP contribution in [0, 0.1) is 0 Å². The van der Waals surface area contributed by atoms with Crippen LogP contribution in [0.1, 0.15) is 18.0 Å². The van der Waals surface area contributed by atoms with E-state index in [9.17, 15) is 8.42 Å². The van der Waals surface area contributed by atoms with Crippen LogP contribution in [-0.4, -0.2) is 48.8 Å². The average Bonchev–Trinajstić information content (AvgIpc) is 2.45. The lowest BCUT2D eigenvalue weighted by molar-refractivity contribution is 0.323. The van der Waals surface area contributed by atoms with Gasteiger partial charge in [-0.25, -0.2) is 8.42 Å². The number of nitrogens with one attached hydrogen (secondary N) is 1. The van der Waals surface area contributed by atoms with E-state index in [0.717, 1.165) is 5.56 Å². The second-order valence-corrected chi connectivity index (χ2v) is 6.98. The zero-order valence-corrected chi connectivity index (χ0v) is 13.9. The van der Waals surface area contributed by atoms with Crippen LogP contribution in [0.5, 0.6) is 17.2 Å². The lowest BCUT2D eigenvalue weighted by Gasteiger charge is -2.20. The van der Waals surface area contributed by atoms with Gasteiger partial charge in [0, 0.05) is 12.3 Å². The first-order valence-corrected chi connectivity index (χ1v) is 8.57. The number of rotatable bonds is 8. The molecule has 1 unspecified atom stereocenters. The normalized spacial score (nSPS) is 12.8. The van der Waals surface area contributed by atoms with Crippen LogP contribution in [0.15, 0.2) is 12.1 Å². The third kappa shape index (κ3) is 4.78. The summed E-state index contributed by atoms with van der Waals surface area (Å²) >= 11 is 0. The van der Waals surface area contributed by atoms with Gasteiger partial charge in [-0.2, -0.15) is 0 Å². The molecule has 6 nitrogen and oxygen atoms in total. The fraction of sp³-hybridized carbons (Fsp3) is 0.571. The van der Waals surface area contributed by atoms with E-state index in [1.54, 1.807) is 28.4 Å². The lowest BCUT2D eigenvalue weighted by atomic mass is 10.0. The van der Waals surface area contributed by atoms with Gasteiger partial charge in [0.25, 0.3) is 0 Å². The molecule has 120 valence electrons. The largest absolute Gasteiger partial charge is 0.493 e. The molecular weight excluding hydrogens is 294 g/mol. The minimum Gasteiger partial charge on any atom is -0.493 e. The number of methoxy groups -OCH3 is 3. The lowest BCUT2D eigenvalue weighted by Crippen LogP contribution is -2.20. The molecule has 0 heterocycles. The molecule has 0 aliphatic heterocycles. The summed E-state index contributed by atoms with van der Waals surface area (Å²) in [6.07, 6.45) is 1.70. The van der Waals surface area contributed by atoms with E-state index < -0.39 is 9.84 Å². The van der Waals surface area contributed by atoms with Crippen LogP contribution in [0.4, 0.5) is 0 Å². The highest BCUT2D eigenvalue weighted by atomic mass is 32.2. The maximum absolute atomic E-state index is 11.3. The molecule has 0 radical (unpaired) electrons. The molecule has 21 heavy (non-hydrogen) atoms. The van der Waals surface area contributed by atoms with Crippen LogP contribution in [-0.2, 0) is 9.84 Å². The molecule has 0 aromatic heterocycles. The Morgan fingerprint density at radius 2 is 1.62 bits per heavy atom. The molecule has 0 aliphatic rings. The Bertz CT molecular complexity index is 546. The molecule has 0 fully saturated rings. The third-order valence-corrected chi connectivity index (χ3v) is 4.19. The zero-order valence-electron chi connectivity index (χ0n) is 13.1. The highest BCUT2D eigenvalue weighted by Gasteiger charge is 2.19. The highest BCUT2D eigenvalue weighted by molar-refractivity contribution is 7.90. The number of sulfone groups is 1. The van der Waals surface area contributed by atoms with E-state index in [0.29, 0.717) is 23.7 Å². The maximum atomic E-state index is 11.3. The molecule has 1 atom stereocenters. The van der Waals surface area contributed by atoms with Crippen molar-refractivity contribution in [3.8, 4) is 17.2 Å². The molecule has 0 spiro atoms. The molecule has 0 saturated carbocycles. The van der Waals surface area contributed by atoms with Crippen molar-refractivity contribution in [2.24, 2.45) is 0 Å². The van der Waals surface area contributed by atoms with E-state index in [-0.39, 0.29) is 11.8 Å². The van der Waals surface area contributed by atoms with Crippen molar-refractivity contribution in [3.63, 3.8) is 0 Å². The number of hydrogen-bond donors (Lipinski definition) is 1. The smallest absolute Gasteiger partial charge is 0.203 e. The van der Waals surface area contributed by atoms with Crippen LogP contribution >= 0.6 is 0 Å². The summed E-state index contributed by atoms with van der Waals surface area (Å²) in [5.74, 6) is 1.72. The molecule has 1 aromatic carbocycles. The Kier molecular flexibility index (Phi) is 6.29. The number of benzene rings is 1. The van der Waals surface area contributed by atoms with Crippen molar-refractivity contribution >= 4 is 9.84 Å². The van der Waals surface area contributed by atoms with Gasteiger partial charge in [-0.15, -0.1) is 0 Å². The van der Waals surface area contributed by atoms with Gasteiger partial charge < -0.3 is 19.5 Å². The van der Waals surface area contributed by atoms with E-state index in [1.807, 2.05) is 12.1 Å². The van der Waals surface area contributed by atoms with Crippen LogP contribution < -0.4 is 19.5 Å². The molecule has 0 saturated heterocycles. The van der Waals surface area contributed by atoms with Crippen molar-refractivity contribution in [2.75, 3.05) is 40.4 Å². The van der Waals surface area contributed by atoms with Gasteiger partial charge in [0.2, 0.25) is 5.75 Å². The Morgan fingerprint density at radius 1 is 1.10 bits per heavy atom. The Balaban J connectivity index is 3.15. The summed E-state index contributed by atoms with van der Waals surface area (Å²) in [6.45, 7) is 0. The molecule has 0 amide bonds. The van der Waals surface area contributed by atoms with Crippen LogP contribution in [0.3, 0.4) is 0 Å². The molecule has 7 heteroatoms. The Hall–Kier alpha value is -1.47. The maximum Gasteiger partial charge on any atom is 0.203 e. The van der Waals surface area contributed by atoms with Crippen molar-refractivity contribution < 1.29 is 22.6 Å². The summed E-state index contributed by atoms with van der Waals surface area (Å²) in [7, 11) is 3.42. The SMILES string of the molecule is CNC(CCS(C)(=O)=O)c1cc(OC)c(OC)c(OC)c1. The summed E-state index contributed by atoms with van der Waals surface area (Å²) in [5.41, 5.74) is 0.885. The van der Waals surface area contributed by atoms with Gasteiger partial charge in [-0.1, -0.05) is 0 Å². The summed E-state index contributed by atoms with van der Waals surface area (Å²) in [4.78, 5) is 0. The van der Waals surface area contributed by atoms with E-state index in [2.05, 4.69) is 5.32 Å². The Morgan fingerprint density at radius 3 is 1.95 bits per heavy atom. The monoisotopic (exact) mass is 317 g/mol. The quantitative estimate of drug-likeness (QED) is 0.781. The van der Waals surface area contributed by atoms with E-state index >= 15 is 0 Å². The van der Waals surface area contributed by atoms with Gasteiger partial charge >= 0.3 is 0 Å². The second-order valence-electron chi connectivity index (χ2n) is 4.72. The first kappa shape index (κ1) is 17.6. The van der Waals surface area contributed by atoms with E-state index in [1.165, 1.54) is 6.26 Å². The Labute approximate surface area is 126 Å². The summed E-state index contributed by atoms with van der Waals surface area (Å²) in [6, 6.07) is 3.53. The topological polar surface area (TPSA) is 73.9 Å². The molecular formula is C14H23NO5S. The van der Waals surface area contributed by atoms with Crippen molar-refractivity contribution in [1.29, 1.82) is 0 Å². The zero-order chi connectivity index (χ0) is 16.0.